The molecule has 1 aliphatic rings. The zero-order valence-electron chi connectivity index (χ0n) is 15.4. The summed E-state index contributed by atoms with van der Waals surface area (Å²) < 4.78 is 37.3. The molecule has 3 rings (SSSR count). The van der Waals surface area contributed by atoms with Crippen molar-refractivity contribution >= 4 is 27.2 Å². The number of morpholine rings is 1. The lowest BCUT2D eigenvalue weighted by Crippen LogP contribution is -2.40. The molecule has 0 amide bonds. The molecule has 1 fully saturated rings. The Hall–Kier alpha value is -2.87. The second-order valence-corrected chi connectivity index (χ2v) is 7.93. The van der Waals surface area contributed by atoms with Crippen LogP contribution in [0.5, 0.6) is 5.88 Å². The van der Waals surface area contributed by atoms with Gasteiger partial charge in [-0.2, -0.15) is 14.6 Å². The predicted octanol–water partition coefficient (Wildman–Crippen LogP) is 1.70. The summed E-state index contributed by atoms with van der Waals surface area (Å²) in [5.74, 6) is 0.544. The molecular formula is C18H21N5O4S. The van der Waals surface area contributed by atoms with Crippen LogP contribution in [0.2, 0.25) is 0 Å². The summed E-state index contributed by atoms with van der Waals surface area (Å²) in [6, 6.07) is 9.85. The molecule has 1 saturated heterocycles. The van der Waals surface area contributed by atoms with Gasteiger partial charge in [-0.05, 0) is 31.2 Å². The van der Waals surface area contributed by atoms with Gasteiger partial charge in [-0.1, -0.05) is 0 Å². The highest BCUT2D eigenvalue weighted by atomic mass is 32.2. The molecule has 0 aliphatic carbocycles. The third kappa shape index (κ3) is 4.17. The van der Waals surface area contributed by atoms with Gasteiger partial charge in [0, 0.05) is 24.8 Å². The Labute approximate surface area is 163 Å². The van der Waals surface area contributed by atoms with Gasteiger partial charge in [-0.25, -0.2) is 8.42 Å². The highest BCUT2D eigenvalue weighted by molar-refractivity contribution is 7.89. The highest BCUT2D eigenvalue weighted by Gasteiger charge is 2.26. The van der Waals surface area contributed by atoms with Gasteiger partial charge < -0.3 is 20.5 Å². The van der Waals surface area contributed by atoms with Crippen LogP contribution in [0.25, 0.3) is 0 Å². The van der Waals surface area contributed by atoms with E-state index in [1.807, 2.05) is 6.07 Å². The van der Waals surface area contributed by atoms with Gasteiger partial charge in [-0.15, -0.1) is 0 Å². The number of pyridine rings is 1. The van der Waals surface area contributed by atoms with Crippen molar-refractivity contribution in [3.63, 3.8) is 0 Å². The van der Waals surface area contributed by atoms with Crippen molar-refractivity contribution in [2.75, 3.05) is 44.0 Å². The molecule has 9 nitrogen and oxygen atoms in total. The second kappa shape index (κ2) is 8.43. The first kappa shape index (κ1) is 19.9. The fourth-order valence-electron chi connectivity index (χ4n) is 2.75. The zero-order chi connectivity index (χ0) is 20.1. The van der Waals surface area contributed by atoms with E-state index in [0.717, 1.165) is 0 Å². The van der Waals surface area contributed by atoms with Crippen LogP contribution in [-0.2, 0) is 14.8 Å². The Kier molecular flexibility index (Phi) is 5.99. The van der Waals surface area contributed by atoms with Crippen LogP contribution < -0.4 is 15.8 Å². The molecule has 0 unspecified atom stereocenters. The fourth-order valence-corrected chi connectivity index (χ4v) is 4.16. The number of ether oxygens (including phenoxy) is 2. The number of aromatic nitrogens is 1. The van der Waals surface area contributed by atoms with Gasteiger partial charge in [0.15, 0.2) is 0 Å². The van der Waals surface area contributed by atoms with Crippen molar-refractivity contribution in [1.29, 1.82) is 5.26 Å². The smallest absolute Gasteiger partial charge is 0.243 e. The lowest BCUT2D eigenvalue weighted by atomic mass is 10.2. The summed E-state index contributed by atoms with van der Waals surface area (Å²) in [5.41, 5.74) is 6.95. The molecular weight excluding hydrogens is 382 g/mol. The Balaban J connectivity index is 1.80. The number of anilines is 3. The summed E-state index contributed by atoms with van der Waals surface area (Å²) in [4.78, 5) is 4.47. The number of nitrogens with one attached hydrogen (secondary N) is 1. The molecule has 0 saturated carbocycles. The summed E-state index contributed by atoms with van der Waals surface area (Å²) in [6.45, 7) is 3.61. The fraction of sp³-hybridized carbons (Fsp3) is 0.333. The van der Waals surface area contributed by atoms with E-state index in [-0.39, 0.29) is 22.0 Å². The molecule has 1 aromatic heterocycles. The number of nitrogen functional groups attached to an aromatic ring is 1. The van der Waals surface area contributed by atoms with Crippen molar-refractivity contribution in [3.05, 3.63) is 35.9 Å². The third-order valence-corrected chi connectivity index (χ3v) is 6.06. The van der Waals surface area contributed by atoms with Crippen LogP contribution in [0.1, 0.15) is 12.5 Å². The predicted molar refractivity (Wildman–Crippen MR) is 104 cm³/mol. The summed E-state index contributed by atoms with van der Waals surface area (Å²) >= 11 is 0. The molecule has 0 bridgehead atoms. The number of hydrogen-bond acceptors (Lipinski definition) is 8. The number of hydrogen-bond donors (Lipinski definition) is 2. The van der Waals surface area contributed by atoms with E-state index in [2.05, 4.69) is 10.3 Å². The molecule has 2 aromatic rings. The number of nitrogens with zero attached hydrogens (tertiary/aromatic N) is 3. The molecule has 2 heterocycles. The Morgan fingerprint density at radius 2 is 2.00 bits per heavy atom. The van der Waals surface area contributed by atoms with Gasteiger partial charge >= 0.3 is 0 Å². The monoisotopic (exact) mass is 403 g/mol. The molecule has 0 spiro atoms. The maximum absolute atomic E-state index is 12.7. The van der Waals surface area contributed by atoms with Crippen LogP contribution >= 0.6 is 0 Å². The topological polar surface area (TPSA) is 131 Å². The minimum atomic E-state index is -3.55. The highest BCUT2D eigenvalue weighted by Crippen LogP contribution is 2.27. The molecule has 0 atom stereocenters. The lowest BCUT2D eigenvalue weighted by molar-refractivity contribution is 0.0730. The van der Waals surface area contributed by atoms with Gasteiger partial charge in [0.25, 0.3) is 0 Å². The summed E-state index contributed by atoms with van der Waals surface area (Å²) in [6.07, 6.45) is 0. The van der Waals surface area contributed by atoms with Crippen LogP contribution in [-0.4, -0.2) is 50.6 Å². The lowest BCUT2D eigenvalue weighted by Gasteiger charge is -2.26. The van der Waals surface area contributed by atoms with Crippen LogP contribution in [0.15, 0.2) is 35.2 Å². The second-order valence-electron chi connectivity index (χ2n) is 5.99. The van der Waals surface area contributed by atoms with E-state index < -0.39 is 10.0 Å². The zero-order valence-corrected chi connectivity index (χ0v) is 16.2. The number of sulfonamides is 1. The van der Waals surface area contributed by atoms with Crippen molar-refractivity contribution in [1.82, 2.24) is 9.29 Å². The number of benzene rings is 1. The standard InChI is InChI=1S/C18H21N5O4S/c1-2-27-18-15(12-19)16(20)11-17(22-18)21-13-3-5-14(6-4-13)28(24,25)23-7-9-26-10-8-23/h3-6,11H,2,7-10H2,1H3,(H3,20,21,22). The first-order chi connectivity index (χ1) is 13.5. The van der Waals surface area contributed by atoms with Crippen molar-refractivity contribution in [2.24, 2.45) is 0 Å². The average Bonchev–Trinajstić information content (AvgIpc) is 2.69. The van der Waals surface area contributed by atoms with E-state index in [0.29, 0.717) is 44.4 Å². The van der Waals surface area contributed by atoms with Crippen molar-refractivity contribution in [2.45, 2.75) is 11.8 Å². The van der Waals surface area contributed by atoms with E-state index >= 15 is 0 Å². The third-order valence-electron chi connectivity index (χ3n) is 4.14. The Morgan fingerprint density at radius 1 is 1.32 bits per heavy atom. The maximum atomic E-state index is 12.7. The molecule has 28 heavy (non-hydrogen) atoms. The number of nitriles is 1. The first-order valence-corrected chi connectivity index (χ1v) is 10.2. The number of rotatable bonds is 6. The molecule has 1 aliphatic heterocycles. The molecule has 0 radical (unpaired) electrons. The van der Waals surface area contributed by atoms with Gasteiger partial charge in [-0.3, -0.25) is 0 Å². The SMILES string of the molecule is CCOc1nc(Nc2ccc(S(=O)(=O)N3CCOCC3)cc2)cc(N)c1C#N. The van der Waals surface area contributed by atoms with E-state index in [9.17, 15) is 13.7 Å². The van der Waals surface area contributed by atoms with Crippen molar-refractivity contribution < 1.29 is 17.9 Å². The minimum Gasteiger partial charge on any atom is -0.477 e. The van der Waals surface area contributed by atoms with E-state index in [4.69, 9.17) is 15.2 Å². The first-order valence-electron chi connectivity index (χ1n) is 8.74. The molecule has 148 valence electrons. The van der Waals surface area contributed by atoms with Gasteiger partial charge in [0.1, 0.15) is 17.5 Å². The van der Waals surface area contributed by atoms with Crippen LogP contribution in [0.4, 0.5) is 17.2 Å². The van der Waals surface area contributed by atoms with Crippen molar-refractivity contribution in [3.8, 4) is 11.9 Å². The quantitative estimate of drug-likeness (QED) is 0.745. The number of nitrogens with two attached hydrogens (primary N) is 1. The Morgan fingerprint density at radius 3 is 2.61 bits per heavy atom. The van der Waals surface area contributed by atoms with Gasteiger partial charge in [0.05, 0.1) is 30.4 Å². The van der Waals surface area contributed by atoms with E-state index in [1.54, 1.807) is 19.1 Å². The Bertz CT molecular complexity index is 980. The maximum Gasteiger partial charge on any atom is 0.243 e. The van der Waals surface area contributed by atoms with Crippen LogP contribution in [0.3, 0.4) is 0 Å². The van der Waals surface area contributed by atoms with Gasteiger partial charge in [0.2, 0.25) is 15.9 Å². The van der Waals surface area contributed by atoms with E-state index in [1.165, 1.54) is 22.5 Å². The summed E-state index contributed by atoms with van der Waals surface area (Å²) in [7, 11) is -3.55. The molecule has 10 heteroatoms. The minimum absolute atomic E-state index is 0.152. The molecule has 3 N–H and O–H groups in total. The summed E-state index contributed by atoms with van der Waals surface area (Å²) in [5, 5.41) is 12.2. The largest absolute Gasteiger partial charge is 0.477 e. The molecule has 1 aromatic carbocycles. The average molecular weight is 403 g/mol. The van der Waals surface area contributed by atoms with Crippen LogP contribution in [0, 0.1) is 11.3 Å². The normalized spacial score (nSPS) is 15.0.